The summed E-state index contributed by atoms with van der Waals surface area (Å²) in [5.41, 5.74) is 0.757. The topological polar surface area (TPSA) is 134 Å². The SMILES string of the molecule is OC[C@H]1O[C@H](n2cnc3c(Cl)ncnc32)C[C@H](O)[C@@H](O)[C@H]1O. The Morgan fingerprint density at radius 3 is 2.73 bits per heavy atom. The molecule has 5 atom stereocenters. The second-order valence-corrected chi connectivity index (χ2v) is 5.44. The zero-order chi connectivity index (χ0) is 15.9. The standard InChI is InChI=1S/C12H15ClN4O5/c13-11-8-12(15-3-14-11)17(4-16-8)7-1-5(19)9(20)10(21)6(2-18)22-7/h3-7,9-10,18-21H,1-2H2/t5-,6+,7-,9+,10-/m0/s1. The molecule has 0 saturated carbocycles. The van der Waals surface area contributed by atoms with Crippen LogP contribution in [-0.4, -0.2) is 71.0 Å². The van der Waals surface area contributed by atoms with Crippen molar-refractivity contribution in [2.24, 2.45) is 0 Å². The van der Waals surface area contributed by atoms with E-state index in [2.05, 4.69) is 15.0 Å². The minimum absolute atomic E-state index is 0.0121. The van der Waals surface area contributed by atoms with Crippen molar-refractivity contribution >= 4 is 22.8 Å². The van der Waals surface area contributed by atoms with E-state index in [4.69, 9.17) is 16.3 Å². The largest absolute Gasteiger partial charge is 0.394 e. The van der Waals surface area contributed by atoms with Crippen molar-refractivity contribution in [1.82, 2.24) is 19.5 Å². The van der Waals surface area contributed by atoms with Crippen molar-refractivity contribution in [1.29, 1.82) is 0 Å². The van der Waals surface area contributed by atoms with Crippen LogP contribution in [0, 0.1) is 0 Å². The zero-order valence-electron chi connectivity index (χ0n) is 11.3. The van der Waals surface area contributed by atoms with E-state index in [-0.39, 0.29) is 11.6 Å². The molecule has 22 heavy (non-hydrogen) atoms. The molecular formula is C12H15ClN4O5. The van der Waals surface area contributed by atoms with E-state index >= 15 is 0 Å². The van der Waals surface area contributed by atoms with Gasteiger partial charge in [-0.3, -0.25) is 4.57 Å². The summed E-state index contributed by atoms with van der Waals surface area (Å²) in [6.07, 6.45) is -3.21. The molecule has 1 fully saturated rings. The molecule has 1 aliphatic rings. The number of rotatable bonds is 2. The fourth-order valence-corrected chi connectivity index (χ4v) is 2.67. The second kappa shape index (κ2) is 6.03. The third kappa shape index (κ3) is 2.56. The van der Waals surface area contributed by atoms with Gasteiger partial charge in [-0.1, -0.05) is 11.6 Å². The number of aromatic nitrogens is 4. The van der Waals surface area contributed by atoms with Crippen LogP contribution < -0.4 is 0 Å². The van der Waals surface area contributed by atoms with Crippen molar-refractivity contribution in [3.8, 4) is 0 Å². The van der Waals surface area contributed by atoms with Crippen LogP contribution in [0.15, 0.2) is 12.7 Å². The van der Waals surface area contributed by atoms with Crippen LogP contribution in [0.25, 0.3) is 11.2 Å². The van der Waals surface area contributed by atoms with Crippen molar-refractivity contribution in [2.75, 3.05) is 6.61 Å². The number of aliphatic hydroxyl groups is 4. The number of imidazole rings is 1. The van der Waals surface area contributed by atoms with Crippen LogP contribution in [-0.2, 0) is 4.74 Å². The Kier molecular flexibility index (Phi) is 4.26. The molecule has 0 aliphatic carbocycles. The van der Waals surface area contributed by atoms with Gasteiger partial charge in [-0.15, -0.1) is 0 Å². The van der Waals surface area contributed by atoms with Crippen LogP contribution in [0.2, 0.25) is 5.15 Å². The van der Waals surface area contributed by atoms with E-state index in [9.17, 15) is 20.4 Å². The Hall–Kier alpha value is -1.36. The summed E-state index contributed by atoms with van der Waals surface area (Å²) in [6, 6.07) is 0. The number of hydrogen-bond donors (Lipinski definition) is 4. The highest BCUT2D eigenvalue weighted by atomic mass is 35.5. The minimum atomic E-state index is -1.42. The van der Waals surface area contributed by atoms with Gasteiger partial charge in [0.05, 0.1) is 19.0 Å². The van der Waals surface area contributed by atoms with Gasteiger partial charge in [0, 0.05) is 6.42 Å². The lowest BCUT2D eigenvalue weighted by Crippen LogP contribution is -2.44. The zero-order valence-corrected chi connectivity index (χ0v) is 12.1. The van der Waals surface area contributed by atoms with E-state index < -0.39 is 37.3 Å². The van der Waals surface area contributed by atoms with Crippen molar-refractivity contribution < 1.29 is 25.2 Å². The predicted molar refractivity (Wildman–Crippen MR) is 74.0 cm³/mol. The molecule has 3 rings (SSSR count). The lowest BCUT2D eigenvalue weighted by atomic mass is 10.0. The van der Waals surface area contributed by atoms with Crippen molar-refractivity contribution in [2.45, 2.75) is 37.1 Å². The lowest BCUT2D eigenvalue weighted by molar-refractivity contribution is -0.130. The maximum Gasteiger partial charge on any atom is 0.166 e. The van der Waals surface area contributed by atoms with E-state index in [1.54, 1.807) is 0 Å². The van der Waals surface area contributed by atoms with Gasteiger partial charge in [0.25, 0.3) is 0 Å². The molecule has 3 heterocycles. The van der Waals surface area contributed by atoms with Crippen LogP contribution in [0.5, 0.6) is 0 Å². The molecule has 4 N–H and O–H groups in total. The van der Waals surface area contributed by atoms with Crippen LogP contribution in [0.4, 0.5) is 0 Å². The summed E-state index contributed by atoms with van der Waals surface area (Å²) in [5, 5.41) is 39.2. The molecule has 1 saturated heterocycles. The molecule has 0 radical (unpaired) electrons. The monoisotopic (exact) mass is 330 g/mol. The molecule has 0 aromatic carbocycles. The summed E-state index contributed by atoms with van der Waals surface area (Å²) >= 11 is 5.94. The first-order valence-electron chi connectivity index (χ1n) is 6.66. The fraction of sp³-hybridized carbons (Fsp3) is 0.583. The summed E-state index contributed by atoms with van der Waals surface area (Å²) in [4.78, 5) is 12.0. The molecule has 0 bridgehead atoms. The second-order valence-electron chi connectivity index (χ2n) is 5.08. The molecule has 9 nitrogen and oxygen atoms in total. The molecule has 0 spiro atoms. The average molecular weight is 331 g/mol. The third-order valence-corrected chi connectivity index (χ3v) is 3.98. The molecule has 120 valence electrons. The van der Waals surface area contributed by atoms with Gasteiger partial charge in [0.1, 0.15) is 36.4 Å². The van der Waals surface area contributed by atoms with Gasteiger partial charge in [0.15, 0.2) is 10.8 Å². The van der Waals surface area contributed by atoms with Crippen LogP contribution >= 0.6 is 11.6 Å². The molecule has 0 amide bonds. The first kappa shape index (κ1) is 15.5. The maximum atomic E-state index is 9.97. The van der Waals surface area contributed by atoms with Crippen LogP contribution in [0.3, 0.4) is 0 Å². The molecule has 10 heteroatoms. The predicted octanol–water partition coefficient (Wildman–Crippen LogP) is -1.16. The minimum Gasteiger partial charge on any atom is -0.394 e. The summed E-state index contributed by atoms with van der Waals surface area (Å²) in [7, 11) is 0. The Morgan fingerprint density at radius 1 is 1.23 bits per heavy atom. The lowest BCUT2D eigenvalue weighted by Gasteiger charge is -2.24. The fourth-order valence-electron chi connectivity index (χ4n) is 2.50. The van der Waals surface area contributed by atoms with E-state index in [1.165, 1.54) is 17.2 Å². The van der Waals surface area contributed by atoms with Crippen molar-refractivity contribution in [3.63, 3.8) is 0 Å². The quantitative estimate of drug-likeness (QED) is 0.507. The summed E-state index contributed by atoms with van der Waals surface area (Å²) in [5.74, 6) is 0. The first-order valence-corrected chi connectivity index (χ1v) is 7.04. The first-order chi connectivity index (χ1) is 10.5. The van der Waals surface area contributed by atoms with E-state index in [0.29, 0.717) is 11.2 Å². The maximum absolute atomic E-state index is 9.97. The number of aliphatic hydroxyl groups excluding tert-OH is 4. The van der Waals surface area contributed by atoms with Gasteiger partial charge < -0.3 is 25.2 Å². The van der Waals surface area contributed by atoms with Crippen molar-refractivity contribution in [3.05, 3.63) is 17.8 Å². The van der Waals surface area contributed by atoms with E-state index in [1.807, 2.05) is 0 Å². The van der Waals surface area contributed by atoms with Gasteiger partial charge in [-0.05, 0) is 0 Å². The van der Waals surface area contributed by atoms with Gasteiger partial charge in [-0.2, -0.15) is 0 Å². The number of fused-ring (bicyclic) bond motifs is 1. The highest BCUT2D eigenvalue weighted by Gasteiger charge is 2.39. The molecule has 0 unspecified atom stereocenters. The Labute approximate surface area is 129 Å². The third-order valence-electron chi connectivity index (χ3n) is 3.70. The Morgan fingerprint density at radius 2 is 2.00 bits per heavy atom. The number of nitrogens with zero attached hydrogens (tertiary/aromatic N) is 4. The normalized spacial score (nSPS) is 33.0. The molecule has 2 aromatic heterocycles. The van der Waals surface area contributed by atoms with Gasteiger partial charge in [0.2, 0.25) is 0 Å². The van der Waals surface area contributed by atoms with Gasteiger partial charge in [-0.25, -0.2) is 15.0 Å². The highest BCUT2D eigenvalue weighted by Crippen LogP contribution is 2.29. The number of ether oxygens (including phenoxy) is 1. The molecule has 1 aliphatic heterocycles. The Balaban J connectivity index is 2.00. The summed E-state index contributed by atoms with van der Waals surface area (Å²) < 4.78 is 7.12. The van der Waals surface area contributed by atoms with Gasteiger partial charge >= 0.3 is 0 Å². The van der Waals surface area contributed by atoms with E-state index in [0.717, 1.165) is 0 Å². The highest BCUT2D eigenvalue weighted by molar-refractivity contribution is 6.33. The Bertz CT molecular complexity index is 668. The molecular weight excluding hydrogens is 316 g/mol. The molecule has 2 aromatic rings. The average Bonchev–Trinajstić information content (AvgIpc) is 2.91. The van der Waals surface area contributed by atoms with Crippen LogP contribution in [0.1, 0.15) is 12.6 Å². The number of hydrogen-bond acceptors (Lipinski definition) is 8. The summed E-state index contributed by atoms with van der Waals surface area (Å²) in [6.45, 7) is -0.510. The smallest absolute Gasteiger partial charge is 0.166 e. The number of halogens is 1.